The Balaban J connectivity index is 1.92. The van der Waals surface area contributed by atoms with Gasteiger partial charge < -0.3 is 10.5 Å². The van der Waals surface area contributed by atoms with E-state index in [2.05, 4.69) is 21.0 Å². The summed E-state index contributed by atoms with van der Waals surface area (Å²) in [6.07, 6.45) is 0. The second-order valence-corrected chi connectivity index (χ2v) is 6.05. The number of anilines is 1. The van der Waals surface area contributed by atoms with Gasteiger partial charge in [0.1, 0.15) is 13.2 Å². The van der Waals surface area contributed by atoms with Crippen LogP contribution in [0, 0.1) is 13.8 Å². The third kappa shape index (κ3) is 3.36. The van der Waals surface area contributed by atoms with Crippen molar-refractivity contribution < 1.29 is 9.53 Å². The number of halogens is 1. The summed E-state index contributed by atoms with van der Waals surface area (Å²) >= 11 is 4.90. The maximum absolute atomic E-state index is 11.7. The molecule has 2 rings (SSSR count). The first-order valence-corrected chi connectivity index (χ1v) is 7.32. The quantitative estimate of drug-likeness (QED) is 0.866. The summed E-state index contributed by atoms with van der Waals surface area (Å²) < 4.78 is 7.76. The number of hydrogen-bond donors (Lipinski definition) is 1. The van der Waals surface area contributed by atoms with E-state index in [1.807, 2.05) is 25.3 Å². The van der Waals surface area contributed by atoms with E-state index < -0.39 is 0 Å². The first-order chi connectivity index (χ1) is 8.97. The number of hydrogen-bond acceptors (Lipinski definition) is 5. The van der Waals surface area contributed by atoms with E-state index in [9.17, 15) is 4.79 Å². The van der Waals surface area contributed by atoms with Crippen molar-refractivity contribution in [1.82, 2.24) is 9.78 Å². The zero-order valence-electron chi connectivity index (χ0n) is 10.6. The standard InChI is InChI=1S/C12H14BrN3O2S/c1-7-12(14)8(2)16(15-7)4-11(17)18-5-10-3-9(13)6-19-10/h3,6H,4-5,14H2,1-2H3. The van der Waals surface area contributed by atoms with Crippen LogP contribution < -0.4 is 5.73 Å². The van der Waals surface area contributed by atoms with E-state index in [4.69, 9.17) is 10.5 Å². The lowest BCUT2D eigenvalue weighted by Crippen LogP contribution is -2.15. The summed E-state index contributed by atoms with van der Waals surface area (Å²) in [7, 11) is 0. The molecule has 0 spiro atoms. The Morgan fingerprint density at radius 1 is 1.58 bits per heavy atom. The highest BCUT2D eigenvalue weighted by atomic mass is 79.9. The molecule has 0 bridgehead atoms. The molecule has 0 unspecified atom stereocenters. The highest BCUT2D eigenvalue weighted by molar-refractivity contribution is 9.10. The Hall–Kier alpha value is -1.34. The second kappa shape index (κ2) is 5.75. The average Bonchev–Trinajstić information content (AvgIpc) is 2.88. The summed E-state index contributed by atoms with van der Waals surface area (Å²) in [6, 6.07) is 1.93. The van der Waals surface area contributed by atoms with Crippen molar-refractivity contribution in [3.8, 4) is 0 Å². The van der Waals surface area contributed by atoms with Gasteiger partial charge in [-0.15, -0.1) is 11.3 Å². The van der Waals surface area contributed by atoms with Gasteiger partial charge in [0.05, 0.1) is 17.1 Å². The van der Waals surface area contributed by atoms with E-state index >= 15 is 0 Å². The van der Waals surface area contributed by atoms with Crippen molar-refractivity contribution in [2.75, 3.05) is 5.73 Å². The highest BCUT2D eigenvalue weighted by Crippen LogP contribution is 2.20. The zero-order chi connectivity index (χ0) is 14.0. The lowest BCUT2D eigenvalue weighted by molar-refractivity contribution is -0.145. The molecule has 2 aromatic rings. The Labute approximate surface area is 123 Å². The van der Waals surface area contributed by atoms with Crippen LogP contribution in [-0.4, -0.2) is 15.7 Å². The zero-order valence-corrected chi connectivity index (χ0v) is 13.0. The van der Waals surface area contributed by atoms with Crippen LogP contribution in [0.15, 0.2) is 15.9 Å². The van der Waals surface area contributed by atoms with Crippen molar-refractivity contribution in [2.45, 2.75) is 27.0 Å². The largest absolute Gasteiger partial charge is 0.459 e. The van der Waals surface area contributed by atoms with Crippen LogP contribution >= 0.6 is 27.3 Å². The summed E-state index contributed by atoms with van der Waals surface area (Å²) in [4.78, 5) is 12.7. The van der Waals surface area contributed by atoms with Gasteiger partial charge in [-0.1, -0.05) is 0 Å². The first-order valence-electron chi connectivity index (χ1n) is 5.65. The van der Waals surface area contributed by atoms with Crippen molar-refractivity contribution in [2.24, 2.45) is 0 Å². The smallest absolute Gasteiger partial charge is 0.328 e. The molecule has 2 N–H and O–H groups in total. The number of carbonyl (C=O) groups excluding carboxylic acids is 1. The number of ether oxygens (including phenoxy) is 1. The molecule has 0 radical (unpaired) electrons. The van der Waals surface area contributed by atoms with Gasteiger partial charge in [-0.3, -0.25) is 9.48 Å². The second-order valence-electron chi connectivity index (χ2n) is 4.13. The number of esters is 1. The Bertz CT molecular complexity index is 606. The number of nitrogen functional groups attached to an aromatic ring is 1. The van der Waals surface area contributed by atoms with E-state index in [-0.39, 0.29) is 19.1 Å². The molecule has 102 valence electrons. The molecular weight excluding hydrogens is 330 g/mol. The van der Waals surface area contributed by atoms with Gasteiger partial charge in [0.2, 0.25) is 0 Å². The van der Waals surface area contributed by atoms with Crippen LogP contribution in [0.5, 0.6) is 0 Å². The predicted molar refractivity (Wildman–Crippen MR) is 77.9 cm³/mol. The molecule has 19 heavy (non-hydrogen) atoms. The topological polar surface area (TPSA) is 70.1 Å². The molecule has 0 saturated carbocycles. The summed E-state index contributed by atoms with van der Waals surface area (Å²) in [5.41, 5.74) is 7.94. The molecule has 0 saturated heterocycles. The maximum atomic E-state index is 11.7. The molecule has 0 aromatic carbocycles. The van der Waals surface area contributed by atoms with Gasteiger partial charge in [0, 0.05) is 14.7 Å². The van der Waals surface area contributed by atoms with Gasteiger partial charge >= 0.3 is 5.97 Å². The summed E-state index contributed by atoms with van der Waals surface area (Å²) in [5, 5.41) is 6.14. The Morgan fingerprint density at radius 2 is 2.32 bits per heavy atom. The Kier molecular flexibility index (Phi) is 4.26. The minimum atomic E-state index is -0.324. The fraction of sp³-hybridized carbons (Fsp3) is 0.333. The number of aromatic nitrogens is 2. The highest BCUT2D eigenvalue weighted by Gasteiger charge is 2.12. The number of nitrogens with zero attached hydrogens (tertiary/aromatic N) is 2. The average molecular weight is 344 g/mol. The molecule has 0 atom stereocenters. The van der Waals surface area contributed by atoms with Gasteiger partial charge in [0.25, 0.3) is 0 Å². The molecule has 0 aliphatic carbocycles. The monoisotopic (exact) mass is 343 g/mol. The molecule has 7 heteroatoms. The molecule has 0 fully saturated rings. The van der Waals surface area contributed by atoms with Gasteiger partial charge in [0.15, 0.2) is 0 Å². The molecule has 0 amide bonds. The van der Waals surface area contributed by atoms with E-state index in [0.29, 0.717) is 5.69 Å². The fourth-order valence-corrected chi connectivity index (χ4v) is 2.98. The lowest BCUT2D eigenvalue weighted by atomic mass is 10.3. The van der Waals surface area contributed by atoms with Crippen molar-refractivity contribution in [1.29, 1.82) is 0 Å². The minimum absolute atomic E-state index is 0.0798. The maximum Gasteiger partial charge on any atom is 0.328 e. The van der Waals surface area contributed by atoms with Crippen molar-refractivity contribution in [3.05, 3.63) is 32.2 Å². The number of carbonyl (C=O) groups is 1. The Morgan fingerprint density at radius 3 is 2.84 bits per heavy atom. The van der Waals surface area contributed by atoms with Crippen molar-refractivity contribution in [3.63, 3.8) is 0 Å². The van der Waals surface area contributed by atoms with E-state index in [1.165, 1.54) is 0 Å². The van der Waals surface area contributed by atoms with E-state index in [0.717, 1.165) is 20.7 Å². The summed E-state index contributed by atoms with van der Waals surface area (Å²) in [5.74, 6) is -0.324. The predicted octanol–water partition coefficient (Wildman–Crippen LogP) is 2.65. The van der Waals surface area contributed by atoms with Gasteiger partial charge in [-0.2, -0.15) is 5.10 Å². The number of thiophene rings is 1. The van der Waals surface area contributed by atoms with Crippen molar-refractivity contribution >= 4 is 38.9 Å². The molecule has 0 aliphatic rings. The molecule has 2 aromatic heterocycles. The third-order valence-electron chi connectivity index (χ3n) is 2.71. The van der Waals surface area contributed by atoms with Crippen LogP contribution in [0.4, 0.5) is 5.69 Å². The number of aryl methyl sites for hydroxylation is 1. The van der Waals surface area contributed by atoms with Crippen LogP contribution in [0.1, 0.15) is 16.3 Å². The molecule has 5 nitrogen and oxygen atoms in total. The SMILES string of the molecule is Cc1nn(CC(=O)OCc2cc(Br)cs2)c(C)c1N. The summed E-state index contributed by atoms with van der Waals surface area (Å²) in [6.45, 7) is 4.01. The number of rotatable bonds is 4. The third-order valence-corrected chi connectivity index (χ3v) is 4.38. The van der Waals surface area contributed by atoms with Gasteiger partial charge in [-0.05, 0) is 35.8 Å². The van der Waals surface area contributed by atoms with Crippen LogP contribution in [0.2, 0.25) is 0 Å². The van der Waals surface area contributed by atoms with Crippen LogP contribution in [-0.2, 0) is 22.7 Å². The normalized spacial score (nSPS) is 10.7. The van der Waals surface area contributed by atoms with Gasteiger partial charge in [-0.25, -0.2) is 0 Å². The minimum Gasteiger partial charge on any atom is -0.459 e. The van der Waals surface area contributed by atoms with E-state index in [1.54, 1.807) is 16.0 Å². The van der Waals surface area contributed by atoms with Crippen LogP contribution in [0.25, 0.3) is 0 Å². The molecule has 0 aliphatic heterocycles. The lowest BCUT2D eigenvalue weighted by Gasteiger charge is -2.05. The molecule has 2 heterocycles. The molecular formula is C12H14BrN3O2S. The number of nitrogens with two attached hydrogens (primary N) is 1. The van der Waals surface area contributed by atoms with Crippen LogP contribution in [0.3, 0.4) is 0 Å². The fourth-order valence-electron chi connectivity index (χ4n) is 1.61. The first kappa shape index (κ1) is 14.1.